The van der Waals surface area contributed by atoms with Crippen LogP contribution in [-0.2, 0) is 0 Å². The molecule has 1 aliphatic heterocycles. The van der Waals surface area contributed by atoms with Crippen molar-refractivity contribution < 1.29 is 14.3 Å². The van der Waals surface area contributed by atoms with Crippen LogP contribution in [-0.4, -0.2) is 24.1 Å². The molecular weight excluding hydrogens is 360 g/mol. The number of pyridine rings is 1. The van der Waals surface area contributed by atoms with E-state index >= 15 is 0 Å². The summed E-state index contributed by atoms with van der Waals surface area (Å²) in [6.07, 6.45) is 2.34. The predicted octanol–water partition coefficient (Wildman–Crippen LogP) is 3.50. The van der Waals surface area contributed by atoms with Crippen molar-refractivity contribution in [3.63, 3.8) is 0 Å². The number of hydrogen-bond acceptors (Lipinski definition) is 4. The number of fused-ring (bicyclic) bond motifs is 1. The average Bonchev–Trinajstić information content (AvgIpc) is 2.56. The average molecular weight is 377 g/mol. The summed E-state index contributed by atoms with van der Waals surface area (Å²) in [6.45, 7) is 2.90. The highest BCUT2D eigenvalue weighted by atomic mass is 79.9. The van der Waals surface area contributed by atoms with E-state index in [2.05, 4.69) is 26.2 Å². The minimum Gasteiger partial charge on any atom is -0.493 e. The molecule has 120 valence electrons. The fourth-order valence-corrected chi connectivity index (χ4v) is 2.95. The maximum atomic E-state index is 12.6. The molecule has 0 radical (unpaired) electrons. The molecule has 1 aliphatic rings. The minimum atomic E-state index is -0.195. The number of rotatable bonds is 4. The quantitative estimate of drug-likeness (QED) is 0.886. The van der Waals surface area contributed by atoms with Crippen LogP contribution in [0.3, 0.4) is 0 Å². The van der Waals surface area contributed by atoms with Crippen LogP contribution in [0.1, 0.15) is 35.3 Å². The first-order valence-corrected chi connectivity index (χ1v) is 8.29. The number of carbonyl (C=O) groups is 1. The van der Waals surface area contributed by atoms with Crippen molar-refractivity contribution in [2.75, 3.05) is 13.2 Å². The van der Waals surface area contributed by atoms with Gasteiger partial charge in [-0.05, 0) is 37.3 Å². The van der Waals surface area contributed by atoms with E-state index in [1.165, 1.54) is 0 Å². The van der Waals surface area contributed by atoms with Gasteiger partial charge in [-0.25, -0.2) is 4.98 Å². The Labute approximate surface area is 143 Å². The second-order valence-electron chi connectivity index (χ2n) is 5.13. The van der Waals surface area contributed by atoms with Crippen LogP contribution in [0.5, 0.6) is 11.6 Å². The zero-order valence-electron chi connectivity index (χ0n) is 12.7. The van der Waals surface area contributed by atoms with Crippen molar-refractivity contribution in [2.24, 2.45) is 0 Å². The zero-order valence-corrected chi connectivity index (χ0v) is 14.3. The molecule has 0 saturated heterocycles. The van der Waals surface area contributed by atoms with E-state index in [1.807, 2.05) is 25.1 Å². The van der Waals surface area contributed by atoms with Crippen LogP contribution >= 0.6 is 15.9 Å². The molecule has 2 heterocycles. The van der Waals surface area contributed by atoms with Crippen LogP contribution in [0.25, 0.3) is 0 Å². The third-order valence-corrected chi connectivity index (χ3v) is 4.11. The van der Waals surface area contributed by atoms with Gasteiger partial charge in [0.1, 0.15) is 11.3 Å². The van der Waals surface area contributed by atoms with E-state index < -0.39 is 0 Å². The SMILES string of the molecule is CCOc1ncccc1C(=O)NC1CCOc2ccc(Br)cc21. The van der Waals surface area contributed by atoms with Crippen LogP contribution in [0.4, 0.5) is 0 Å². The smallest absolute Gasteiger partial charge is 0.257 e. The lowest BCUT2D eigenvalue weighted by atomic mass is 10.00. The van der Waals surface area contributed by atoms with Crippen molar-refractivity contribution in [2.45, 2.75) is 19.4 Å². The Bertz CT molecular complexity index is 721. The summed E-state index contributed by atoms with van der Waals surface area (Å²) < 4.78 is 12.0. The molecule has 2 aromatic rings. The molecule has 1 amide bonds. The van der Waals surface area contributed by atoms with Gasteiger partial charge in [0.05, 0.1) is 19.3 Å². The van der Waals surface area contributed by atoms with Gasteiger partial charge in [0, 0.05) is 22.7 Å². The first-order chi connectivity index (χ1) is 11.2. The molecule has 3 rings (SSSR count). The molecule has 0 spiro atoms. The molecule has 0 fully saturated rings. The molecule has 5 nitrogen and oxygen atoms in total. The first kappa shape index (κ1) is 15.8. The molecular formula is C17H17BrN2O3. The number of carbonyl (C=O) groups excluding carboxylic acids is 1. The van der Waals surface area contributed by atoms with Gasteiger partial charge in [0.15, 0.2) is 0 Å². The summed E-state index contributed by atoms with van der Waals surface area (Å²) in [6, 6.07) is 9.16. The fraction of sp³-hybridized carbons (Fsp3) is 0.294. The third-order valence-electron chi connectivity index (χ3n) is 3.61. The largest absolute Gasteiger partial charge is 0.493 e. The highest BCUT2D eigenvalue weighted by Crippen LogP contribution is 2.34. The lowest BCUT2D eigenvalue weighted by Crippen LogP contribution is -2.32. The summed E-state index contributed by atoms with van der Waals surface area (Å²) in [7, 11) is 0. The third kappa shape index (κ3) is 3.47. The van der Waals surface area contributed by atoms with Crippen molar-refractivity contribution in [1.82, 2.24) is 10.3 Å². The van der Waals surface area contributed by atoms with Gasteiger partial charge >= 0.3 is 0 Å². The fourth-order valence-electron chi connectivity index (χ4n) is 2.57. The first-order valence-electron chi connectivity index (χ1n) is 7.50. The van der Waals surface area contributed by atoms with Gasteiger partial charge in [-0.15, -0.1) is 0 Å². The number of amides is 1. The number of halogens is 1. The van der Waals surface area contributed by atoms with Crippen molar-refractivity contribution in [3.8, 4) is 11.6 Å². The van der Waals surface area contributed by atoms with E-state index in [1.54, 1.807) is 18.3 Å². The standard InChI is InChI=1S/C17H17BrN2O3/c1-2-22-17-12(4-3-8-19-17)16(21)20-14-7-9-23-15-6-5-11(18)10-13(14)15/h3-6,8,10,14H,2,7,9H2,1H3,(H,20,21). The summed E-state index contributed by atoms with van der Waals surface area (Å²) in [5.74, 6) is 0.967. The molecule has 0 saturated carbocycles. The Balaban J connectivity index is 1.83. The van der Waals surface area contributed by atoms with Crippen molar-refractivity contribution in [1.29, 1.82) is 0 Å². The Morgan fingerprint density at radius 3 is 3.17 bits per heavy atom. The van der Waals surface area contributed by atoms with Crippen LogP contribution in [0, 0.1) is 0 Å². The van der Waals surface area contributed by atoms with Gasteiger partial charge in [-0.1, -0.05) is 15.9 Å². The van der Waals surface area contributed by atoms with Gasteiger partial charge in [0.2, 0.25) is 5.88 Å². The molecule has 23 heavy (non-hydrogen) atoms. The van der Waals surface area contributed by atoms with Gasteiger partial charge in [0.25, 0.3) is 5.91 Å². The number of benzene rings is 1. The van der Waals surface area contributed by atoms with Crippen LogP contribution < -0.4 is 14.8 Å². The highest BCUT2D eigenvalue weighted by molar-refractivity contribution is 9.10. The molecule has 1 N–H and O–H groups in total. The lowest BCUT2D eigenvalue weighted by Gasteiger charge is -2.27. The second-order valence-corrected chi connectivity index (χ2v) is 6.05. The van der Waals surface area contributed by atoms with Crippen molar-refractivity contribution >= 4 is 21.8 Å². The molecule has 1 unspecified atom stereocenters. The molecule has 1 aromatic heterocycles. The number of nitrogens with one attached hydrogen (secondary N) is 1. The van der Waals surface area contributed by atoms with Gasteiger partial charge in [-0.3, -0.25) is 4.79 Å². The van der Waals surface area contributed by atoms with E-state index in [4.69, 9.17) is 9.47 Å². The Morgan fingerprint density at radius 2 is 2.35 bits per heavy atom. The molecule has 1 aromatic carbocycles. The lowest BCUT2D eigenvalue weighted by molar-refractivity contribution is 0.0920. The summed E-state index contributed by atoms with van der Waals surface area (Å²) in [4.78, 5) is 16.7. The maximum absolute atomic E-state index is 12.6. The monoisotopic (exact) mass is 376 g/mol. The summed E-state index contributed by atoms with van der Waals surface area (Å²) in [5, 5.41) is 3.06. The van der Waals surface area contributed by atoms with Gasteiger partial charge in [-0.2, -0.15) is 0 Å². The number of nitrogens with zero attached hydrogens (tertiary/aromatic N) is 1. The van der Waals surface area contributed by atoms with Crippen LogP contribution in [0.2, 0.25) is 0 Å². The molecule has 1 atom stereocenters. The van der Waals surface area contributed by atoms with E-state index in [9.17, 15) is 4.79 Å². The van der Waals surface area contributed by atoms with Gasteiger partial charge < -0.3 is 14.8 Å². The number of ether oxygens (including phenoxy) is 2. The summed E-state index contributed by atoms with van der Waals surface area (Å²) in [5.41, 5.74) is 1.42. The second kappa shape index (κ2) is 7.00. The molecule has 6 heteroatoms. The van der Waals surface area contributed by atoms with E-state index in [0.717, 1.165) is 22.2 Å². The number of aromatic nitrogens is 1. The Hall–Kier alpha value is -2.08. The maximum Gasteiger partial charge on any atom is 0.257 e. The number of hydrogen-bond donors (Lipinski definition) is 1. The zero-order chi connectivity index (χ0) is 16.2. The molecule has 0 aliphatic carbocycles. The highest BCUT2D eigenvalue weighted by Gasteiger charge is 2.25. The van der Waals surface area contributed by atoms with Crippen molar-refractivity contribution in [3.05, 3.63) is 52.1 Å². The van der Waals surface area contributed by atoms with Crippen LogP contribution in [0.15, 0.2) is 41.0 Å². The summed E-state index contributed by atoms with van der Waals surface area (Å²) >= 11 is 3.46. The minimum absolute atomic E-state index is 0.0987. The predicted molar refractivity (Wildman–Crippen MR) is 89.9 cm³/mol. The Kier molecular flexibility index (Phi) is 4.81. The normalized spacial score (nSPS) is 16.2. The Morgan fingerprint density at radius 1 is 1.48 bits per heavy atom. The van der Waals surface area contributed by atoms with E-state index in [0.29, 0.717) is 24.7 Å². The van der Waals surface area contributed by atoms with E-state index in [-0.39, 0.29) is 11.9 Å². The molecule has 0 bridgehead atoms. The topological polar surface area (TPSA) is 60.5 Å².